The van der Waals surface area contributed by atoms with Gasteiger partial charge in [0.2, 0.25) is 0 Å². The van der Waals surface area contributed by atoms with Crippen molar-refractivity contribution in [2.45, 2.75) is 32.2 Å². The topological polar surface area (TPSA) is 30.5 Å². The lowest BCUT2D eigenvalue weighted by Crippen LogP contribution is -2.34. The SMILES string of the molecule is CCN[C@H]1CCc2c(OC)ccc(OC)c2C1. The number of benzene rings is 1. The van der Waals surface area contributed by atoms with Crippen molar-refractivity contribution in [1.82, 2.24) is 5.32 Å². The Kier molecular flexibility index (Phi) is 3.89. The van der Waals surface area contributed by atoms with Crippen molar-refractivity contribution in [1.29, 1.82) is 0 Å². The zero-order valence-corrected chi connectivity index (χ0v) is 10.9. The molecular weight excluding hydrogens is 214 g/mol. The summed E-state index contributed by atoms with van der Waals surface area (Å²) < 4.78 is 10.9. The molecule has 0 spiro atoms. The van der Waals surface area contributed by atoms with E-state index in [1.54, 1.807) is 14.2 Å². The van der Waals surface area contributed by atoms with Gasteiger partial charge >= 0.3 is 0 Å². The molecule has 0 aromatic heterocycles. The highest BCUT2D eigenvalue weighted by Crippen LogP contribution is 2.35. The Morgan fingerprint density at radius 1 is 1.18 bits per heavy atom. The second kappa shape index (κ2) is 5.41. The van der Waals surface area contributed by atoms with E-state index >= 15 is 0 Å². The van der Waals surface area contributed by atoms with Crippen LogP contribution in [0.5, 0.6) is 11.5 Å². The highest BCUT2D eigenvalue weighted by molar-refractivity contribution is 5.50. The summed E-state index contributed by atoms with van der Waals surface area (Å²) in [6, 6.07) is 4.57. The Bertz CT molecular complexity index is 390. The minimum absolute atomic E-state index is 0.563. The minimum Gasteiger partial charge on any atom is -0.496 e. The molecule has 0 unspecified atom stereocenters. The Morgan fingerprint density at radius 3 is 2.41 bits per heavy atom. The van der Waals surface area contributed by atoms with Gasteiger partial charge in [0.15, 0.2) is 0 Å². The number of ether oxygens (including phenoxy) is 2. The third kappa shape index (κ3) is 2.39. The molecule has 0 saturated carbocycles. The van der Waals surface area contributed by atoms with Crippen LogP contribution in [0.3, 0.4) is 0 Å². The molecule has 17 heavy (non-hydrogen) atoms. The predicted molar refractivity (Wildman–Crippen MR) is 69.0 cm³/mol. The average Bonchev–Trinajstić information content (AvgIpc) is 2.37. The van der Waals surface area contributed by atoms with E-state index in [0.29, 0.717) is 6.04 Å². The first-order valence-corrected chi connectivity index (χ1v) is 6.26. The van der Waals surface area contributed by atoms with Crippen molar-refractivity contribution in [3.8, 4) is 11.5 Å². The number of methoxy groups -OCH3 is 2. The van der Waals surface area contributed by atoms with Gasteiger partial charge in [0.25, 0.3) is 0 Å². The lowest BCUT2D eigenvalue weighted by Gasteiger charge is -2.27. The summed E-state index contributed by atoms with van der Waals surface area (Å²) in [5.74, 6) is 1.99. The molecule has 1 aliphatic rings. The molecule has 1 N–H and O–H groups in total. The standard InChI is InChI=1S/C14H21NO2/c1-4-15-10-5-6-11-12(9-10)14(17-3)8-7-13(11)16-2/h7-8,10,15H,4-6,9H2,1-3H3/t10-/m0/s1. The maximum atomic E-state index is 5.46. The van der Waals surface area contributed by atoms with Gasteiger partial charge in [0.1, 0.15) is 11.5 Å². The first-order valence-electron chi connectivity index (χ1n) is 6.26. The molecule has 0 fully saturated rings. The number of fused-ring (bicyclic) bond motifs is 1. The van der Waals surface area contributed by atoms with Gasteiger partial charge in [-0.15, -0.1) is 0 Å². The van der Waals surface area contributed by atoms with Gasteiger partial charge in [-0.1, -0.05) is 6.92 Å². The van der Waals surface area contributed by atoms with Crippen LogP contribution in [0.25, 0.3) is 0 Å². The number of likely N-dealkylation sites (N-methyl/N-ethyl adjacent to an activating group) is 1. The number of rotatable bonds is 4. The molecule has 2 rings (SSSR count). The molecule has 1 aromatic rings. The zero-order chi connectivity index (χ0) is 12.3. The van der Waals surface area contributed by atoms with E-state index in [-0.39, 0.29) is 0 Å². The molecule has 3 nitrogen and oxygen atoms in total. The molecule has 0 amide bonds. The smallest absolute Gasteiger partial charge is 0.122 e. The third-order valence-electron chi connectivity index (χ3n) is 3.47. The maximum Gasteiger partial charge on any atom is 0.122 e. The van der Waals surface area contributed by atoms with E-state index in [0.717, 1.165) is 30.9 Å². The van der Waals surface area contributed by atoms with E-state index in [1.165, 1.54) is 17.5 Å². The summed E-state index contributed by atoms with van der Waals surface area (Å²) in [7, 11) is 3.47. The van der Waals surface area contributed by atoms with Crippen molar-refractivity contribution >= 4 is 0 Å². The van der Waals surface area contributed by atoms with E-state index < -0.39 is 0 Å². The van der Waals surface area contributed by atoms with Gasteiger partial charge in [-0.05, 0) is 37.9 Å². The van der Waals surface area contributed by atoms with Crippen LogP contribution in [0.2, 0.25) is 0 Å². The van der Waals surface area contributed by atoms with Gasteiger partial charge in [-0.3, -0.25) is 0 Å². The molecule has 0 saturated heterocycles. The zero-order valence-electron chi connectivity index (χ0n) is 10.9. The third-order valence-corrected chi connectivity index (χ3v) is 3.47. The molecule has 0 heterocycles. The van der Waals surface area contributed by atoms with Crippen molar-refractivity contribution in [2.24, 2.45) is 0 Å². The largest absolute Gasteiger partial charge is 0.496 e. The van der Waals surface area contributed by atoms with Crippen molar-refractivity contribution < 1.29 is 9.47 Å². The van der Waals surface area contributed by atoms with Gasteiger partial charge in [0.05, 0.1) is 14.2 Å². The Balaban J connectivity index is 2.33. The highest BCUT2D eigenvalue weighted by Gasteiger charge is 2.23. The molecule has 3 heteroatoms. The lowest BCUT2D eigenvalue weighted by molar-refractivity contribution is 0.377. The maximum absolute atomic E-state index is 5.46. The van der Waals surface area contributed by atoms with Crippen LogP contribution in [0.1, 0.15) is 24.5 Å². The summed E-state index contributed by atoms with van der Waals surface area (Å²) in [5, 5.41) is 3.52. The monoisotopic (exact) mass is 235 g/mol. The predicted octanol–water partition coefficient (Wildman–Crippen LogP) is 2.17. The summed E-state index contributed by atoms with van der Waals surface area (Å²) in [6.45, 7) is 3.17. The summed E-state index contributed by atoms with van der Waals surface area (Å²) >= 11 is 0. The quantitative estimate of drug-likeness (QED) is 0.867. The van der Waals surface area contributed by atoms with Crippen molar-refractivity contribution in [2.75, 3.05) is 20.8 Å². The fourth-order valence-corrected chi connectivity index (χ4v) is 2.66. The Hall–Kier alpha value is -1.22. The van der Waals surface area contributed by atoms with Crippen LogP contribution in [0.4, 0.5) is 0 Å². The first-order chi connectivity index (χ1) is 8.30. The van der Waals surface area contributed by atoms with Crippen LogP contribution in [0.15, 0.2) is 12.1 Å². The van der Waals surface area contributed by atoms with Crippen LogP contribution in [-0.4, -0.2) is 26.8 Å². The second-order valence-corrected chi connectivity index (χ2v) is 4.42. The minimum atomic E-state index is 0.563. The summed E-state index contributed by atoms with van der Waals surface area (Å²) in [4.78, 5) is 0. The Labute approximate surface area is 103 Å². The molecule has 0 bridgehead atoms. The van der Waals surface area contributed by atoms with Crippen molar-refractivity contribution in [3.63, 3.8) is 0 Å². The fraction of sp³-hybridized carbons (Fsp3) is 0.571. The van der Waals surface area contributed by atoms with Crippen LogP contribution in [-0.2, 0) is 12.8 Å². The van der Waals surface area contributed by atoms with E-state index in [2.05, 4.69) is 12.2 Å². The molecule has 0 aliphatic heterocycles. The second-order valence-electron chi connectivity index (χ2n) is 4.42. The Morgan fingerprint density at radius 2 is 1.82 bits per heavy atom. The molecular formula is C14H21NO2. The van der Waals surface area contributed by atoms with Gasteiger partial charge < -0.3 is 14.8 Å². The molecule has 1 aliphatic carbocycles. The molecule has 1 atom stereocenters. The lowest BCUT2D eigenvalue weighted by atomic mass is 9.87. The number of nitrogens with one attached hydrogen (secondary N) is 1. The summed E-state index contributed by atoms with van der Waals surface area (Å²) in [5.41, 5.74) is 2.63. The molecule has 94 valence electrons. The van der Waals surface area contributed by atoms with Gasteiger partial charge in [0, 0.05) is 17.2 Å². The molecule has 0 radical (unpaired) electrons. The first kappa shape index (κ1) is 12.2. The van der Waals surface area contributed by atoms with E-state index in [1.807, 2.05) is 12.1 Å². The highest BCUT2D eigenvalue weighted by atomic mass is 16.5. The number of hydrogen-bond donors (Lipinski definition) is 1. The van der Waals surface area contributed by atoms with E-state index in [4.69, 9.17) is 9.47 Å². The average molecular weight is 235 g/mol. The van der Waals surface area contributed by atoms with Crippen LogP contribution >= 0.6 is 0 Å². The van der Waals surface area contributed by atoms with Crippen LogP contribution < -0.4 is 14.8 Å². The van der Waals surface area contributed by atoms with E-state index in [9.17, 15) is 0 Å². The number of hydrogen-bond acceptors (Lipinski definition) is 3. The molecule has 1 aromatic carbocycles. The summed E-state index contributed by atoms with van der Waals surface area (Å²) in [6.07, 6.45) is 3.27. The van der Waals surface area contributed by atoms with Crippen LogP contribution in [0, 0.1) is 0 Å². The van der Waals surface area contributed by atoms with Gasteiger partial charge in [-0.2, -0.15) is 0 Å². The van der Waals surface area contributed by atoms with Crippen molar-refractivity contribution in [3.05, 3.63) is 23.3 Å². The normalized spacial score (nSPS) is 18.6. The van der Waals surface area contributed by atoms with Gasteiger partial charge in [-0.25, -0.2) is 0 Å². The fourth-order valence-electron chi connectivity index (χ4n) is 2.66.